The fourth-order valence-electron chi connectivity index (χ4n) is 3.60. The predicted molar refractivity (Wildman–Crippen MR) is 83.8 cm³/mol. The van der Waals surface area contributed by atoms with Gasteiger partial charge in [-0.3, -0.25) is 9.59 Å². The number of amides is 2. The molecule has 0 saturated heterocycles. The van der Waals surface area contributed by atoms with Crippen molar-refractivity contribution in [1.29, 1.82) is 0 Å². The van der Waals surface area contributed by atoms with Crippen molar-refractivity contribution in [3.05, 3.63) is 29.3 Å². The number of benzene rings is 1. The van der Waals surface area contributed by atoms with Gasteiger partial charge in [-0.1, -0.05) is 19.9 Å². The molecule has 3 aliphatic rings. The molecule has 0 aromatic heterocycles. The Labute approximate surface area is 129 Å². The number of nitrogens with one attached hydrogen (secondary N) is 1. The van der Waals surface area contributed by atoms with Crippen LogP contribution in [0.2, 0.25) is 0 Å². The third-order valence-electron chi connectivity index (χ3n) is 5.12. The van der Waals surface area contributed by atoms with Gasteiger partial charge in [0.15, 0.2) is 0 Å². The van der Waals surface area contributed by atoms with Crippen molar-refractivity contribution in [2.24, 2.45) is 16.9 Å². The highest BCUT2D eigenvalue weighted by molar-refractivity contribution is 6.10. The number of carbonyl (C=O) groups excluding carboxylic acids is 2. The highest BCUT2D eigenvalue weighted by Crippen LogP contribution is 2.45. The molecule has 1 aliphatic carbocycles. The van der Waals surface area contributed by atoms with E-state index in [0.29, 0.717) is 6.42 Å². The number of hydrogen-bond acceptors (Lipinski definition) is 3. The van der Waals surface area contributed by atoms with Crippen LogP contribution in [0.5, 0.6) is 0 Å². The van der Waals surface area contributed by atoms with Crippen molar-refractivity contribution in [3.8, 4) is 0 Å². The summed E-state index contributed by atoms with van der Waals surface area (Å²) in [6, 6.07) is 6.15. The second-order valence-corrected chi connectivity index (χ2v) is 7.17. The fraction of sp³-hybridized carbons (Fsp3) is 0.471. The average Bonchev–Trinajstić information content (AvgIpc) is 3.26. The molecule has 1 fully saturated rings. The van der Waals surface area contributed by atoms with Crippen molar-refractivity contribution in [3.63, 3.8) is 0 Å². The van der Waals surface area contributed by atoms with Crippen molar-refractivity contribution in [2.75, 3.05) is 11.9 Å². The Morgan fingerprint density at radius 2 is 2.05 bits per heavy atom. The molecule has 5 heteroatoms. The predicted octanol–water partition coefficient (Wildman–Crippen LogP) is 1.80. The first-order chi connectivity index (χ1) is 10.4. The lowest BCUT2D eigenvalue weighted by Crippen LogP contribution is -2.39. The van der Waals surface area contributed by atoms with E-state index < -0.39 is 0 Å². The van der Waals surface area contributed by atoms with Crippen LogP contribution in [0.15, 0.2) is 23.3 Å². The smallest absolute Gasteiger partial charge is 0.243 e. The lowest BCUT2D eigenvalue weighted by Gasteiger charge is -2.37. The molecule has 1 saturated carbocycles. The normalized spacial score (nSPS) is 28.5. The molecule has 2 heterocycles. The van der Waals surface area contributed by atoms with Gasteiger partial charge in [-0.25, -0.2) is 5.43 Å². The summed E-state index contributed by atoms with van der Waals surface area (Å²) in [5, 5.41) is 4.27. The Morgan fingerprint density at radius 3 is 2.82 bits per heavy atom. The van der Waals surface area contributed by atoms with Gasteiger partial charge < -0.3 is 4.90 Å². The molecule has 114 valence electrons. The summed E-state index contributed by atoms with van der Waals surface area (Å²) in [6.07, 6.45) is 1.40. The lowest BCUT2D eigenvalue weighted by molar-refractivity contribution is -0.122. The van der Waals surface area contributed by atoms with E-state index in [1.807, 2.05) is 19.2 Å². The van der Waals surface area contributed by atoms with E-state index in [1.54, 1.807) is 4.90 Å². The highest BCUT2D eigenvalue weighted by atomic mass is 16.2. The number of hydrazone groups is 1. The molecule has 2 aliphatic heterocycles. The second kappa shape index (κ2) is 4.18. The zero-order chi connectivity index (χ0) is 15.6. The molecule has 1 aromatic carbocycles. The molecular formula is C17H19N3O2. The van der Waals surface area contributed by atoms with E-state index in [2.05, 4.69) is 30.4 Å². The van der Waals surface area contributed by atoms with E-state index >= 15 is 0 Å². The molecule has 0 radical (unpaired) electrons. The summed E-state index contributed by atoms with van der Waals surface area (Å²) in [6.45, 7) is 4.20. The molecule has 1 aromatic rings. The van der Waals surface area contributed by atoms with Gasteiger partial charge in [0.2, 0.25) is 11.8 Å². The minimum Gasteiger partial charge on any atom is -0.315 e. The van der Waals surface area contributed by atoms with Gasteiger partial charge in [0.1, 0.15) is 0 Å². The Hall–Kier alpha value is -2.17. The number of anilines is 1. The first-order valence-corrected chi connectivity index (χ1v) is 7.67. The SMILES string of the molecule is CN1C(=O)CC(C)(C)c2cc(C3=NNC(=O)C4CC34)ccc21. The summed E-state index contributed by atoms with van der Waals surface area (Å²) in [4.78, 5) is 25.4. The molecule has 2 atom stereocenters. The maximum atomic E-state index is 12.1. The van der Waals surface area contributed by atoms with Crippen molar-refractivity contribution in [1.82, 2.24) is 5.43 Å². The first-order valence-electron chi connectivity index (χ1n) is 7.67. The largest absolute Gasteiger partial charge is 0.315 e. The number of rotatable bonds is 1. The van der Waals surface area contributed by atoms with Crippen LogP contribution in [0, 0.1) is 11.8 Å². The van der Waals surface area contributed by atoms with Crippen molar-refractivity contribution < 1.29 is 9.59 Å². The Kier molecular flexibility index (Phi) is 2.56. The van der Waals surface area contributed by atoms with Gasteiger partial charge in [-0.05, 0) is 29.7 Å². The number of hydrogen-bond donors (Lipinski definition) is 1. The molecule has 22 heavy (non-hydrogen) atoms. The third kappa shape index (κ3) is 1.81. The molecule has 5 nitrogen and oxygen atoms in total. The van der Waals surface area contributed by atoms with Gasteiger partial charge in [0, 0.05) is 36.4 Å². The van der Waals surface area contributed by atoms with E-state index in [0.717, 1.165) is 23.4 Å². The maximum Gasteiger partial charge on any atom is 0.243 e. The van der Waals surface area contributed by atoms with Gasteiger partial charge in [-0.15, -0.1) is 0 Å². The van der Waals surface area contributed by atoms with Crippen LogP contribution in [-0.2, 0) is 15.0 Å². The number of fused-ring (bicyclic) bond motifs is 2. The maximum absolute atomic E-state index is 12.1. The van der Waals surface area contributed by atoms with Crippen LogP contribution >= 0.6 is 0 Å². The van der Waals surface area contributed by atoms with Crippen LogP contribution < -0.4 is 10.3 Å². The van der Waals surface area contributed by atoms with Crippen molar-refractivity contribution in [2.45, 2.75) is 32.1 Å². The number of nitrogens with zero attached hydrogens (tertiary/aromatic N) is 2. The Morgan fingerprint density at radius 1 is 1.27 bits per heavy atom. The average molecular weight is 297 g/mol. The monoisotopic (exact) mass is 297 g/mol. The standard InChI is InChI=1S/C17H19N3O2/c1-17(2)8-14(21)20(3)13-5-4-9(6-12(13)17)15-10-7-11(10)16(22)19-18-15/h4-6,10-11H,7-8H2,1-3H3,(H,19,22). The van der Waals surface area contributed by atoms with Gasteiger partial charge in [0.25, 0.3) is 0 Å². The van der Waals surface area contributed by atoms with Gasteiger partial charge in [-0.2, -0.15) is 5.10 Å². The highest BCUT2D eigenvalue weighted by Gasteiger charge is 2.49. The van der Waals surface area contributed by atoms with Crippen LogP contribution in [0.3, 0.4) is 0 Å². The summed E-state index contributed by atoms with van der Waals surface area (Å²) >= 11 is 0. The third-order valence-corrected chi connectivity index (χ3v) is 5.12. The van der Waals surface area contributed by atoms with Gasteiger partial charge >= 0.3 is 0 Å². The molecule has 4 rings (SSSR count). The fourth-order valence-corrected chi connectivity index (χ4v) is 3.60. The lowest BCUT2D eigenvalue weighted by atomic mass is 9.76. The molecule has 2 unspecified atom stereocenters. The van der Waals surface area contributed by atoms with E-state index in [4.69, 9.17) is 0 Å². The summed E-state index contributed by atoms with van der Waals surface area (Å²) in [5.74, 6) is 0.547. The second-order valence-electron chi connectivity index (χ2n) is 7.17. The van der Waals surface area contributed by atoms with Crippen LogP contribution in [0.25, 0.3) is 0 Å². The summed E-state index contributed by atoms with van der Waals surface area (Å²) in [7, 11) is 1.82. The first kappa shape index (κ1) is 13.5. The quantitative estimate of drug-likeness (QED) is 0.859. The summed E-state index contributed by atoms with van der Waals surface area (Å²) < 4.78 is 0. The molecular weight excluding hydrogens is 278 g/mol. The zero-order valence-corrected chi connectivity index (χ0v) is 13.0. The molecule has 0 spiro atoms. The summed E-state index contributed by atoms with van der Waals surface area (Å²) in [5.41, 5.74) is 6.61. The Bertz CT molecular complexity index is 735. The topological polar surface area (TPSA) is 61.8 Å². The zero-order valence-electron chi connectivity index (χ0n) is 13.0. The molecule has 1 N–H and O–H groups in total. The van der Waals surface area contributed by atoms with Gasteiger partial charge in [0.05, 0.1) is 5.71 Å². The van der Waals surface area contributed by atoms with E-state index in [9.17, 15) is 9.59 Å². The van der Waals surface area contributed by atoms with Crippen LogP contribution in [-0.4, -0.2) is 24.6 Å². The minimum absolute atomic E-state index is 0.0392. The Balaban J connectivity index is 1.79. The minimum atomic E-state index is -0.184. The van der Waals surface area contributed by atoms with E-state index in [-0.39, 0.29) is 29.1 Å². The van der Waals surface area contributed by atoms with E-state index in [1.165, 1.54) is 5.56 Å². The van der Waals surface area contributed by atoms with Crippen LogP contribution in [0.4, 0.5) is 5.69 Å². The number of carbonyl (C=O) groups is 2. The molecule has 0 bridgehead atoms. The van der Waals surface area contributed by atoms with Crippen molar-refractivity contribution >= 4 is 23.2 Å². The molecule has 2 amide bonds. The van der Waals surface area contributed by atoms with Crippen LogP contribution in [0.1, 0.15) is 37.8 Å².